The Morgan fingerprint density at radius 1 is 1.00 bits per heavy atom. The first-order valence-corrected chi connectivity index (χ1v) is 9.15. The first-order chi connectivity index (χ1) is 13.0. The molecular formula is C21H21ClN2O3. The van der Waals surface area contributed by atoms with Gasteiger partial charge in [0.15, 0.2) is 0 Å². The lowest BCUT2D eigenvalue weighted by Gasteiger charge is -2.20. The molecule has 0 radical (unpaired) electrons. The summed E-state index contributed by atoms with van der Waals surface area (Å²) in [6.07, 6.45) is 0.876. The smallest absolute Gasteiger partial charge is 0.282 e. The molecular weight excluding hydrogens is 364 g/mol. The number of hydrogen-bond acceptors (Lipinski definition) is 4. The fourth-order valence-corrected chi connectivity index (χ4v) is 3.25. The van der Waals surface area contributed by atoms with E-state index in [1.807, 2.05) is 19.1 Å². The minimum atomic E-state index is -0.398. The third-order valence-corrected chi connectivity index (χ3v) is 4.86. The van der Waals surface area contributed by atoms with Crippen LogP contribution >= 0.6 is 11.6 Å². The molecule has 1 heterocycles. The van der Waals surface area contributed by atoms with Gasteiger partial charge in [0.25, 0.3) is 11.8 Å². The van der Waals surface area contributed by atoms with Crippen molar-refractivity contribution in [2.75, 3.05) is 25.1 Å². The first-order valence-electron chi connectivity index (χ1n) is 8.77. The van der Waals surface area contributed by atoms with E-state index >= 15 is 0 Å². The highest BCUT2D eigenvalue weighted by molar-refractivity contribution is 6.45. The predicted molar refractivity (Wildman–Crippen MR) is 106 cm³/mol. The summed E-state index contributed by atoms with van der Waals surface area (Å²) in [5.41, 5.74) is 2.86. The van der Waals surface area contributed by atoms with Gasteiger partial charge in [0.1, 0.15) is 5.70 Å². The van der Waals surface area contributed by atoms with Crippen LogP contribution in [0.2, 0.25) is 5.02 Å². The van der Waals surface area contributed by atoms with E-state index in [-0.39, 0.29) is 24.8 Å². The summed E-state index contributed by atoms with van der Waals surface area (Å²) in [4.78, 5) is 29.1. The van der Waals surface area contributed by atoms with Gasteiger partial charge in [-0.2, -0.15) is 0 Å². The Morgan fingerprint density at radius 3 is 2.19 bits per heavy atom. The number of amides is 2. The predicted octanol–water partition coefficient (Wildman–Crippen LogP) is 3.11. The van der Waals surface area contributed by atoms with E-state index in [9.17, 15) is 14.7 Å². The Morgan fingerprint density at radius 2 is 1.63 bits per heavy atom. The number of anilines is 1. The molecule has 0 saturated heterocycles. The van der Waals surface area contributed by atoms with Crippen LogP contribution in [0.25, 0.3) is 5.57 Å². The SMILES string of the molecule is CCc1ccc(N2C(=O)C(c3ccc(Cl)cc3)=C(N(C)CCO)C2=O)cc1. The maximum Gasteiger partial charge on any atom is 0.282 e. The number of aryl methyl sites for hydroxylation is 1. The summed E-state index contributed by atoms with van der Waals surface area (Å²) >= 11 is 5.96. The Balaban J connectivity index is 2.08. The van der Waals surface area contributed by atoms with E-state index in [1.165, 1.54) is 4.90 Å². The summed E-state index contributed by atoms with van der Waals surface area (Å²) in [5, 5.41) is 9.84. The minimum absolute atomic E-state index is 0.124. The summed E-state index contributed by atoms with van der Waals surface area (Å²) in [6, 6.07) is 14.2. The Bertz CT molecular complexity index is 889. The lowest BCUT2D eigenvalue weighted by atomic mass is 10.0. The van der Waals surface area contributed by atoms with E-state index in [0.29, 0.717) is 21.8 Å². The van der Waals surface area contributed by atoms with Crippen LogP contribution in [0.5, 0.6) is 0 Å². The highest BCUT2D eigenvalue weighted by atomic mass is 35.5. The molecule has 1 N–H and O–H groups in total. The zero-order valence-electron chi connectivity index (χ0n) is 15.3. The third-order valence-electron chi connectivity index (χ3n) is 4.61. The molecule has 27 heavy (non-hydrogen) atoms. The number of halogens is 1. The second kappa shape index (κ2) is 7.94. The first kappa shape index (κ1) is 19.1. The molecule has 2 aromatic rings. The molecule has 2 aromatic carbocycles. The van der Waals surface area contributed by atoms with Gasteiger partial charge in [-0.3, -0.25) is 9.59 Å². The van der Waals surface area contributed by atoms with Crippen LogP contribution in [0, 0.1) is 0 Å². The van der Waals surface area contributed by atoms with Crippen molar-refractivity contribution in [2.45, 2.75) is 13.3 Å². The fraction of sp³-hybridized carbons (Fsp3) is 0.238. The van der Waals surface area contributed by atoms with Crippen molar-refractivity contribution in [3.63, 3.8) is 0 Å². The number of imide groups is 1. The fourth-order valence-electron chi connectivity index (χ4n) is 3.13. The molecule has 1 aliphatic heterocycles. The zero-order chi connectivity index (χ0) is 19.6. The van der Waals surface area contributed by atoms with Gasteiger partial charge in [0, 0.05) is 18.6 Å². The molecule has 0 bridgehead atoms. The van der Waals surface area contributed by atoms with Crippen molar-refractivity contribution in [1.82, 2.24) is 4.90 Å². The van der Waals surface area contributed by atoms with Gasteiger partial charge in [0.2, 0.25) is 0 Å². The molecule has 0 aromatic heterocycles. The van der Waals surface area contributed by atoms with E-state index in [4.69, 9.17) is 11.6 Å². The van der Waals surface area contributed by atoms with Gasteiger partial charge in [-0.15, -0.1) is 0 Å². The number of aliphatic hydroxyl groups is 1. The minimum Gasteiger partial charge on any atom is -0.395 e. The zero-order valence-corrected chi connectivity index (χ0v) is 16.0. The largest absolute Gasteiger partial charge is 0.395 e. The number of likely N-dealkylation sites (N-methyl/N-ethyl adjacent to an activating group) is 1. The highest BCUT2D eigenvalue weighted by Crippen LogP contribution is 2.34. The molecule has 140 valence electrons. The normalized spacial score (nSPS) is 14.3. The Kier molecular flexibility index (Phi) is 5.63. The van der Waals surface area contributed by atoms with E-state index in [0.717, 1.165) is 12.0 Å². The van der Waals surface area contributed by atoms with Gasteiger partial charge in [-0.05, 0) is 41.8 Å². The summed E-state index contributed by atoms with van der Waals surface area (Å²) < 4.78 is 0. The van der Waals surface area contributed by atoms with Crippen molar-refractivity contribution >= 4 is 34.7 Å². The van der Waals surface area contributed by atoms with E-state index in [1.54, 1.807) is 48.3 Å². The quantitative estimate of drug-likeness (QED) is 0.777. The average molecular weight is 385 g/mol. The number of nitrogens with zero attached hydrogens (tertiary/aromatic N) is 2. The molecule has 2 amide bonds. The van der Waals surface area contributed by atoms with Crippen LogP contribution < -0.4 is 4.90 Å². The van der Waals surface area contributed by atoms with Gasteiger partial charge >= 0.3 is 0 Å². The third kappa shape index (κ3) is 3.61. The molecule has 0 unspecified atom stereocenters. The lowest BCUT2D eigenvalue weighted by molar-refractivity contribution is -0.120. The number of carbonyl (C=O) groups is 2. The molecule has 5 nitrogen and oxygen atoms in total. The van der Waals surface area contributed by atoms with Crippen LogP contribution in [0.4, 0.5) is 5.69 Å². The van der Waals surface area contributed by atoms with Crippen LogP contribution in [0.1, 0.15) is 18.1 Å². The van der Waals surface area contributed by atoms with E-state index in [2.05, 4.69) is 0 Å². The number of aliphatic hydroxyl groups excluding tert-OH is 1. The number of hydrogen-bond donors (Lipinski definition) is 1. The van der Waals surface area contributed by atoms with Gasteiger partial charge in [-0.25, -0.2) is 4.90 Å². The van der Waals surface area contributed by atoms with Crippen molar-refractivity contribution in [3.8, 4) is 0 Å². The molecule has 1 aliphatic rings. The molecule has 3 rings (SSSR count). The second-order valence-corrected chi connectivity index (χ2v) is 6.78. The molecule has 0 spiro atoms. The molecule has 6 heteroatoms. The maximum absolute atomic E-state index is 13.2. The van der Waals surface area contributed by atoms with Crippen LogP contribution in [0.3, 0.4) is 0 Å². The van der Waals surface area contributed by atoms with E-state index < -0.39 is 5.91 Å². The molecule has 0 atom stereocenters. The van der Waals surface area contributed by atoms with Crippen molar-refractivity contribution in [3.05, 3.63) is 70.4 Å². The monoisotopic (exact) mass is 384 g/mol. The Labute approximate surface area is 163 Å². The summed E-state index contributed by atoms with van der Waals surface area (Å²) in [7, 11) is 1.69. The number of carbonyl (C=O) groups excluding carboxylic acids is 2. The molecule has 0 aliphatic carbocycles. The van der Waals surface area contributed by atoms with Crippen LogP contribution in [-0.2, 0) is 16.0 Å². The Hall–Kier alpha value is -2.63. The standard InChI is InChI=1S/C21H21ClN2O3/c1-3-14-4-10-17(11-5-14)24-20(26)18(15-6-8-16(22)9-7-15)19(21(24)27)23(2)12-13-25/h4-11,25H,3,12-13H2,1-2H3. The topological polar surface area (TPSA) is 60.9 Å². The van der Waals surface area contributed by atoms with Gasteiger partial charge in [-0.1, -0.05) is 42.8 Å². The second-order valence-electron chi connectivity index (χ2n) is 6.34. The molecule has 0 saturated carbocycles. The maximum atomic E-state index is 13.2. The summed E-state index contributed by atoms with van der Waals surface area (Å²) in [5.74, 6) is -0.781. The average Bonchev–Trinajstić information content (AvgIpc) is 2.93. The van der Waals surface area contributed by atoms with Crippen molar-refractivity contribution in [1.29, 1.82) is 0 Å². The van der Waals surface area contributed by atoms with Crippen molar-refractivity contribution in [2.24, 2.45) is 0 Å². The van der Waals surface area contributed by atoms with Gasteiger partial charge in [0.05, 0.1) is 17.9 Å². The highest BCUT2D eigenvalue weighted by Gasteiger charge is 2.41. The van der Waals surface area contributed by atoms with Crippen LogP contribution in [0.15, 0.2) is 54.2 Å². The molecule has 0 fully saturated rings. The lowest BCUT2D eigenvalue weighted by Crippen LogP contribution is -2.34. The number of benzene rings is 2. The summed E-state index contributed by atoms with van der Waals surface area (Å²) in [6.45, 7) is 2.16. The van der Waals surface area contributed by atoms with Gasteiger partial charge < -0.3 is 10.0 Å². The van der Waals surface area contributed by atoms with Crippen LogP contribution in [-0.4, -0.2) is 42.0 Å². The number of rotatable bonds is 6. The van der Waals surface area contributed by atoms with Crippen molar-refractivity contribution < 1.29 is 14.7 Å².